The fourth-order valence-electron chi connectivity index (χ4n) is 2.18. The second-order valence-corrected chi connectivity index (χ2v) is 6.04. The summed E-state index contributed by atoms with van der Waals surface area (Å²) in [5.41, 5.74) is 2.53. The Morgan fingerprint density at radius 3 is 2.52 bits per heavy atom. The maximum Gasteiger partial charge on any atom is 0.253 e. The van der Waals surface area contributed by atoms with E-state index in [9.17, 15) is 4.79 Å². The molecule has 0 bridgehead atoms. The number of para-hydroxylation sites is 1. The van der Waals surface area contributed by atoms with Crippen LogP contribution in [0, 0.1) is 0 Å². The van der Waals surface area contributed by atoms with Gasteiger partial charge in [-0.3, -0.25) is 14.8 Å². The Morgan fingerprint density at radius 1 is 1.00 bits per heavy atom. The molecule has 0 atom stereocenters. The van der Waals surface area contributed by atoms with E-state index in [0.717, 1.165) is 5.56 Å². The van der Waals surface area contributed by atoms with Crippen molar-refractivity contribution in [3.63, 3.8) is 0 Å². The van der Waals surface area contributed by atoms with Crippen molar-refractivity contribution in [1.29, 1.82) is 0 Å². The fourth-order valence-corrected chi connectivity index (χ4v) is 2.67. The SMILES string of the molecule is O=C(NCc1cccnc1)c1cncc(Nc2c(Cl)cccc2Cl)c1. The molecule has 0 fully saturated rings. The molecule has 2 aromatic heterocycles. The number of carbonyl (C=O) groups excluding carboxylic acids is 1. The van der Waals surface area contributed by atoms with E-state index >= 15 is 0 Å². The Bertz CT molecular complexity index is 867. The molecule has 0 saturated carbocycles. The van der Waals surface area contributed by atoms with E-state index < -0.39 is 0 Å². The van der Waals surface area contributed by atoms with E-state index in [0.29, 0.717) is 33.5 Å². The molecule has 0 aliphatic rings. The van der Waals surface area contributed by atoms with Crippen molar-refractivity contribution < 1.29 is 4.79 Å². The quantitative estimate of drug-likeness (QED) is 0.693. The van der Waals surface area contributed by atoms with Crippen molar-refractivity contribution in [3.8, 4) is 0 Å². The lowest BCUT2D eigenvalue weighted by atomic mass is 10.2. The number of aromatic nitrogens is 2. The molecule has 1 aromatic carbocycles. The zero-order chi connectivity index (χ0) is 17.6. The highest BCUT2D eigenvalue weighted by molar-refractivity contribution is 6.39. The molecule has 126 valence electrons. The summed E-state index contributed by atoms with van der Waals surface area (Å²) in [5.74, 6) is -0.231. The Hall–Kier alpha value is -2.63. The van der Waals surface area contributed by atoms with Crippen LogP contribution in [0.3, 0.4) is 0 Å². The van der Waals surface area contributed by atoms with Gasteiger partial charge in [-0.2, -0.15) is 0 Å². The van der Waals surface area contributed by atoms with Crippen LogP contribution >= 0.6 is 23.2 Å². The number of hydrogen-bond donors (Lipinski definition) is 2. The largest absolute Gasteiger partial charge is 0.352 e. The summed E-state index contributed by atoms with van der Waals surface area (Å²) in [4.78, 5) is 20.4. The third-order valence-electron chi connectivity index (χ3n) is 3.41. The molecule has 3 rings (SSSR count). The number of nitrogens with zero attached hydrogens (tertiary/aromatic N) is 2. The third kappa shape index (κ3) is 4.47. The second-order valence-electron chi connectivity index (χ2n) is 5.23. The van der Waals surface area contributed by atoms with Gasteiger partial charge in [-0.05, 0) is 29.8 Å². The number of pyridine rings is 2. The first-order valence-electron chi connectivity index (χ1n) is 7.46. The Morgan fingerprint density at radius 2 is 1.80 bits per heavy atom. The van der Waals surface area contributed by atoms with Gasteiger partial charge in [0.2, 0.25) is 0 Å². The Balaban J connectivity index is 1.72. The predicted molar refractivity (Wildman–Crippen MR) is 99.4 cm³/mol. The molecule has 7 heteroatoms. The van der Waals surface area contributed by atoms with Crippen LogP contribution in [-0.4, -0.2) is 15.9 Å². The molecule has 0 spiro atoms. The smallest absolute Gasteiger partial charge is 0.253 e. The van der Waals surface area contributed by atoms with Crippen LogP contribution in [-0.2, 0) is 6.54 Å². The zero-order valence-electron chi connectivity index (χ0n) is 13.0. The molecule has 0 aliphatic carbocycles. The number of anilines is 2. The van der Waals surface area contributed by atoms with E-state index in [4.69, 9.17) is 23.2 Å². The van der Waals surface area contributed by atoms with Crippen molar-refractivity contribution in [2.24, 2.45) is 0 Å². The summed E-state index contributed by atoms with van der Waals surface area (Å²) in [6.07, 6.45) is 6.48. The highest BCUT2D eigenvalue weighted by atomic mass is 35.5. The van der Waals surface area contributed by atoms with Gasteiger partial charge in [0.15, 0.2) is 0 Å². The highest BCUT2D eigenvalue weighted by Gasteiger charge is 2.10. The van der Waals surface area contributed by atoms with Crippen LogP contribution in [0.25, 0.3) is 0 Å². The molecule has 0 radical (unpaired) electrons. The Kier molecular flexibility index (Phi) is 5.48. The number of hydrogen-bond acceptors (Lipinski definition) is 4. The van der Waals surface area contributed by atoms with Gasteiger partial charge >= 0.3 is 0 Å². The molecule has 25 heavy (non-hydrogen) atoms. The summed E-state index contributed by atoms with van der Waals surface area (Å²) in [5, 5.41) is 6.89. The average molecular weight is 373 g/mol. The van der Waals surface area contributed by atoms with Gasteiger partial charge in [0.05, 0.1) is 33.2 Å². The van der Waals surface area contributed by atoms with Crippen LogP contribution in [0.2, 0.25) is 10.0 Å². The van der Waals surface area contributed by atoms with Crippen LogP contribution in [0.1, 0.15) is 15.9 Å². The summed E-state index contributed by atoms with van der Waals surface area (Å²) in [7, 11) is 0. The van der Waals surface area contributed by atoms with Crippen molar-refractivity contribution in [2.75, 3.05) is 5.32 Å². The molecule has 0 unspecified atom stereocenters. The number of amides is 1. The van der Waals surface area contributed by atoms with Gasteiger partial charge in [0, 0.05) is 25.1 Å². The first-order valence-corrected chi connectivity index (χ1v) is 8.22. The molecular formula is C18H14Cl2N4O. The number of nitrogens with one attached hydrogen (secondary N) is 2. The van der Waals surface area contributed by atoms with Crippen LogP contribution in [0.5, 0.6) is 0 Å². The monoisotopic (exact) mass is 372 g/mol. The predicted octanol–water partition coefficient (Wildman–Crippen LogP) is 4.46. The Labute approximate surface area is 155 Å². The van der Waals surface area contributed by atoms with E-state index in [1.807, 2.05) is 12.1 Å². The van der Waals surface area contributed by atoms with Crippen molar-refractivity contribution in [1.82, 2.24) is 15.3 Å². The lowest BCUT2D eigenvalue weighted by Gasteiger charge is -2.11. The van der Waals surface area contributed by atoms with Crippen molar-refractivity contribution in [3.05, 3.63) is 82.4 Å². The van der Waals surface area contributed by atoms with Crippen molar-refractivity contribution in [2.45, 2.75) is 6.54 Å². The topological polar surface area (TPSA) is 66.9 Å². The fraction of sp³-hybridized carbons (Fsp3) is 0.0556. The van der Waals surface area contributed by atoms with Crippen LogP contribution in [0.15, 0.2) is 61.2 Å². The summed E-state index contributed by atoms with van der Waals surface area (Å²) >= 11 is 12.3. The lowest BCUT2D eigenvalue weighted by molar-refractivity contribution is 0.0950. The van der Waals surface area contributed by atoms with Gasteiger partial charge in [-0.1, -0.05) is 35.3 Å². The molecule has 2 heterocycles. The minimum atomic E-state index is -0.231. The summed E-state index contributed by atoms with van der Waals surface area (Å²) in [6.45, 7) is 0.390. The molecule has 2 N–H and O–H groups in total. The van der Waals surface area contributed by atoms with Gasteiger partial charge < -0.3 is 10.6 Å². The van der Waals surface area contributed by atoms with Gasteiger partial charge in [0.1, 0.15) is 0 Å². The lowest BCUT2D eigenvalue weighted by Crippen LogP contribution is -2.23. The summed E-state index contributed by atoms with van der Waals surface area (Å²) < 4.78 is 0. The van der Waals surface area contributed by atoms with Crippen LogP contribution < -0.4 is 10.6 Å². The number of carbonyl (C=O) groups is 1. The molecule has 1 amide bonds. The molecule has 3 aromatic rings. The first kappa shape index (κ1) is 17.2. The molecular weight excluding hydrogens is 359 g/mol. The maximum absolute atomic E-state index is 12.3. The van der Waals surface area contributed by atoms with Gasteiger partial charge in [-0.25, -0.2) is 0 Å². The minimum Gasteiger partial charge on any atom is -0.352 e. The van der Waals surface area contributed by atoms with E-state index in [1.54, 1.807) is 42.9 Å². The molecule has 5 nitrogen and oxygen atoms in total. The number of benzene rings is 1. The number of halogens is 2. The first-order chi connectivity index (χ1) is 12.1. The molecule has 0 aliphatic heterocycles. The maximum atomic E-state index is 12.3. The van der Waals surface area contributed by atoms with Gasteiger partial charge in [-0.15, -0.1) is 0 Å². The zero-order valence-corrected chi connectivity index (χ0v) is 14.6. The van der Waals surface area contributed by atoms with E-state index in [1.165, 1.54) is 6.20 Å². The molecule has 0 saturated heterocycles. The van der Waals surface area contributed by atoms with E-state index in [2.05, 4.69) is 20.6 Å². The third-order valence-corrected chi connectivity index (χ3v) is 4.04. The second kappa shape index (κ2) is 7.96. The van der Waals surface area contributed by atoms with Crippen LogP contribution in [0.4, 0.5) is 11.4 Å². The highest BCUT2D eigenvalue weighted by Crippen LogP contribution is 2.32. The normalized spacial score (nSPS) is 10.3. The summed E-state index contributed by atoms with van der Waals surface area (Å²) in [6, 6.07) is 10.6. The van der Waals surface area contributed by atoms with Gasteiger partial charge in [0.25, 0.3) is 5.91 Å². The van der Waals surface area contributed by atoms with Crippen molar-refractivity contribution >= 4 is 40.5 Å². The van der Waals surface area contributed by atoms with E-state index in [-0.39, 0.29) is 5.91 Å². The minimum absolute atomic E-state index is 0.231. The average Bonchev–Trinajstić information content (AvgIpc) is 2.64. The standard InChI is InChI=1S/C18H14Cl2N4O/c19-15-4-1-5-16(20)17(15)24-14-7-13(10-22-11-14)18(25)23-9-12-3-2-6-21-8-12/h1-8,10-11,24H,9H2,(H,23,25). The number of rotatable bonds is 5.